The van der Waals surface area contributed by atoms with Crippen LogP contribution in [0.5, 0.6) is 0 Å². The Hall–Kier alpha value is -1.76. The standard InChI is InChI=1S/C13H13BrN2O4/c14-10-6-5-9(7-11(10)16(19)20)8-15-12(17)3-1-2-4-13(15)18/h5-7H,1-4,8H2. The molecule has 0 saturated carbocycles. The largest absolute Gasteiger partial charge is 0.283 e. The third-order valence-corrected chi connectivity index (χ3v) is 3.85. The van der Waals surface area contributed by atoms with Crippen molar-refractivity contribution in [3.8, 4) is 0 Å². The summed E-state index contributed by atoms with van der Waals surface area (Å²) >= 11 is 3.10. The number of carbonyl (C=O) groups excluding carboxylic acids is 2. The molecule has 0 bridgehead atoms. The van der Waals surface area contributed by atoms with Crippen LogP contribution in [0.1, 0.15) is 31.2 Å². The van der Waals surface area contributed by atoms with Gasteiger partial charge in [0.15, 0.2) is 0 Å². The minimum absolute atomic E-state index is 0.0720. The predicted molar refractivity (Wildman–Crippen MR) is 74.8 cm³/mol. The lowest BCUT2D eigenvalue weighted by molar-refractivity contribution is -0.385. The fourth-order valence-corrected chi connectivity index (χ4v) is 2.51. The molecule has 2 rings (SSSR count). The van der Waals surface area contributed by atoms with Crippen LogP contribution in [0.15, 0.2) is 22.7 Å². The smallest absolute Gasteiger partial charge is 0.278 e. The van der Waals surface area contributed by atoms with E-state index in [0.29, 0.717) is 35.7 Å². The summed E-state index contributed by atoms with van der Waals surface area (Å²) < 4.78 is 0.375. The Morgan fingerprint density at radius 2 is 1.80 bits per heavy atom. The number of benzene rings is 1. The summed E-state index contributed by atoms with van der Waals surface area (Å²) in [6.07, 6.45) is 2.12. The molecule has 0 radical (unpaired) electrons. The zero-order chi connectivity index (χ0) is 14.7. The van der Waals surface area contributed by atoms with E-state index < -0.39 is 4.92 Å². The first kappa shape index (κ1) is 14.6. The van der Waals surface area contributed by atoms with Crippen molar-refractivity contribution in [2.45, 2.75) is 32.2 Å². The van der Waals surface area contributed by atoms with Gasteiger partial charge < -0.3 is 0 Å². The molecule has 0 aliphatic carbocycles. The lowest BCUT2D eigenvalue weighted by atomic mass is 10.2. The molecule has 7 heteroatoms. The van der Waals surface area contributed by atoms with E-state index in [2.05, 4.69) is 15.9 Å². The van der Waals surface area contributed by atoms with Gasteiger partial charge in [-0.25, -0.2) is 0 Å². The lowest BCUT2D eigenvalue weighted by Crippen LogP contribution is -2.34. The van der Waals surface area contributed by atoms with E-state index in [1.165, 1.54) is 11.0 Å². The van der Waals surface area contributed by atoms with Crippen molar-refractivity contribution in [2.75, 3.05) is 0 Å². The van der Waals surface area contributed by atoms with Crippen LogP contribution >= 0.6 is 15.9 Å². The molecule has 0 N–H and O–H groups in total. The number of nitro benzene ring substituents is 1. The number of amides is 2. The lowest BCUT2D eigenvalue weighted by Gasteiger charge is -2.18. The Morgan fingerprint density at radius 1 is 1.20 bits per heavy atom. The van der Waals surface area contributed by atoms with Crippen molar-refractivity contribution in [3.63, 3.8) is 0 Å². The van der Waals surface area contributed by atoms with E-state index in [1.807, 2.05) is 0 Å². The quantitative estimate of drug-likeness (QED) is 0.481. The van der Waals surface area contributed by atoms with Gasteiger partial charge in [-0.3, -0.25) is 24.6 Å². The number of imide groups is 1. The average Bonchev–Trinajstić information content (AvgIpc) is 2.55. The highest BCUT2D eigenvalue weighted by molar-refractivity contribution is 9.10. The molecule has 20 heavy (non-hydrogen) atoms. The molecule has 1 aliphatic rings. The molecule has 1 heterocycles. The van der Waals surface area contributed by atoms with Crippen LogP contribution < -0.4 is 0 Å². The second-order valence-corrected chi connectivity index (χ2v) is 5.48. The number of nitro groups is 1. The minimum atomic E-state index is -0.500. The van der Waals surface area contributed by atoms with E-state index in [0.717, 1.165) is 0 Å². The topological polar surface area (TPSA) is 80.5 Å². The van der Waals surface area contributed by atoms with Gasteiger partial charge in [-0.05, 0) is 40.4 Å². The van der Waals surface area contributed by atoms with Gasteiger partial charge in [0.25, 0.3) is 5.69 Å². The van der Waals surface area contributed by atoms with Crippen molar-refractivity contribution < 1.29 is 14.5 Å². The molecule has 1 saturated heterocycles. The highest BCUT2D eigenvalue weighted by Crippen LogP contribution is 2.26. The van der Waals surface area contributed by atoms with Crippen LogP contribution in [0.4, 0.5) is 5.69 Å². The normalized spacial score (nSPS) is 16.1. The fourth-order valence-electron chi connectivity index (χ4n) is 2.12. The Morgan fingerprint density at radius 3 is 2.35 bits per heavy atom. The zero-order valence-electron chi connectivity index (χ0n) is 10.7. The summed E-state index contributed by atoms with van der Waals surface area (Å²) in [5.74, 6) is -0.420. The van der Waals surface area contributed by atoms with Gasteiger partial charge in [-0.1, -0.05) is 6.07 Å². The summed E-state index contributed by atoms with van der Waals surface area (Å²) in [4.78, 5) is 35.3. The number of halogens is 1. The van der Waals surface area contributed by atoms with Gasteiger partial charge in [-0.2, -0.15) is 0 Å². The summed E-state index contributed by atoms with van der Waals surface area (Å²) in [5, 5.41) is 10.9. The fraction of sp³-hybridized carbons (Fsp3) is 0.385. The SMILES string of the molecule is O=C1CCCCC(=O)N1Cc1ccc(Br)c([N+](=O)[O-])c1. The maximum atomic E-state index is 11.9. The molecule has 0 aromatic heterocycles. The number of carbonyl (C=O) groups is 2. The van der Waals surface area contributed by atoms with Gasteiger partial charge in [0, 0.05) is 18.9 Å². The molecule has 1 aromatic rings. The molecule has 6 nitrogen and oxygen atoms in total. The molecule has 1 aromatic carbocycles. The van der Waals surface area contributed by atoms with Gasteiger partial charge in [-0.15, -0.1) is 0 Å². The molecule has 0 unspecified atom stereocenters. The van der Waals surface area contributed by atoms with E-state index >= 15 is 0 Å². The molecule has 0 spiro atoms. The summed E-state index contributed by atoms with van der Waals surface area (Å²) in [5.41, 5.74) is 0.501. The molecule has 1 fully saturated rings. The number of rotatable bonds is 3. The first-order chi connectivity index (χ1) is 9.49. The molecular formula is C13H13BrN2O4. The second kappa shape index (κ2) is 6.13. The van der Waals surface area contributed by atoms with Crippen LogP contribution in [-0.2, 0) is 16.1 Å². The average molecular weight is 341 g/mol. The summed E-state index contributed by atoms with van der Waals surface area (Å²) in [7, 11) is 0. The van der Waals surface area contributed by atoms with Gasteiger partial charge >= 0.3 is 0 Å². The van der Waals surface area contributed by atoms with Gasteiger partial charge in [0.05, 0.1) is 15.9 Å². The Bertz CT molecular complexity index is 555. The number of hydrogen-bond acceptors (Lipinski definition) is 4. The third-order valence-electron chi connectivity index (χ3n) is 3.18. The molecule has 0 atom stereocenters. The summed E-state index contributed by atoms with van der Waals surface area (Å²) in [6.45, 7) is 0.0891. The van der Waals surface area contributed by atoms with Crippen molar-refractivity contribution in [2.24, 2.45) is 0 Å². The van der Waals surface area contributed by atoms with E-state index in [1.54, 1.807) is 12.1 Å². The van der Waals surface area contributed by atoms with Crippen LogP contribution in [-0.4, -0.2) is 21.6 Å². The Balaban J connectivity index is 2.24. The van der Waals surface area contributed by atoms with Crippen LogP contribution in [0.3, 0.4) is 0 Å². The zero-order valence-corrected chi connectivity index (χ0v) is 12.3. The maximum absolute atomic E-state index is 11.9. The molecule has 1 aliphatic heterocycles. The van der Waals surface area contributed by atoms with Gasteiger partial charge in [0.1, 0.15) is 0 Å². The second-order valence-electron chi connectivity index (χ2n) is 4.62. The van der Waals surface area contributed by atoms with Crippen LogP contribution in [0.25, 0.3) is 0 Å². The van der Waals surface area contributed by atoms with Crippen molar-refractivity contribution in [1.82, 2.24) is 4.90 Å². The first-order valence-electron chi connectivity index (χ1n) is 6.25. The van der Waals surface area contributed by atoms with Crippen LogP contribution in [0.2, 0.25) is 0 Å². The number of likely N-dealkylation sites (tertiary alicyclic amines) is 1. The molecular weight excluding hydrogens is 328 g/mol. The van der Waals surface area contributed by atoms with E-state index in [9.17, 15) is 19.7 Å². The van der Waals surface area contributed by atoms with E-state index in [-0.39, 0.29) is 24.0 Å². The van der Waals surface area contributed by atoms with Crippen molar-refractivity contribution in [1.29, 1.82) is 0 Å². The van der Waals surface area contributed by atoms with Crippen molar-refractivity contribution in [3.05, 3.63) is 38.3 Å². The van der Waals surface area contributed by atoms with E-state index in [4.69, 9.17) is 0 Å². The maximum Gasteiger partial charge on any atom is 0.283 e. The van der Waals surface area contributed by atoms with Crippen molar-refractivity contribution >= 4 is 33.4 Å². The first-order valence-corrected chi connectivity index (χ1v) is 7.04. The monoisotopic (exact) mass is 340 g/mol. The molecule has 106 valence electrons. The number of hydrogen-bond donors (Lipinski definition) is 0. The predicted octanol–water partition coefficient (Wildman–Crippen LogP) is 2.79. The third kappa shape index (κ3) is 3.22. The van der Waals surface area contributed by atoms with Crippen LogP contribution in [0, 0.1) is 10.1 Å². The number of nitrogens with zero attached hydrogens (tertiary/aromatic N) is 2. The Labute approximate surface area is 124 Å². The minimum Gasteiger partial charge on any atom is -0.278 e. The summed E-state index contributed by atoms with van der Waals surface area (Å²) in [6, 6.07) is 4.61. The molecule has 2 amide bonds. The Kier molecular flexibility index (Phi) is 4.49. The highest BCUT2D eigenvalue weighted by atomic mass is 79.9. The highest BCUT2D eigenvalue weighted by Gasteiger charge is 2.24. The van der Waals surface area contributed by atoms with Gasteiger partial charge in [0.2, 0.25) is 11.8 Å².